The van der Waals surface area contributed by atoms with Crippen LogP contribution in [0.15, 0.2) is 42.5 Å². The second kappa shape index (κ2) is 7.15. The number of para-hydroxylation sites is 1. The minimum atomic E-state index is 0.548. The Morgan fingerprint density at radius 2 is 2.21 bits per heavy atom. The van der Waals surface area contributed by atoms with E-state index in [0.717, 1.165) is 30.3 Å². The van der Waals surface area contributed by atoms with Crippen LogP contribution in [0.1, 0.15) is 31.7 Å². The van der Waals surface area contributed by atoms with Crippen LogP contribution in [-0.4, -0.2) is 19.2 Å². The Morgan fingerprint density at radius 3 is 2.89 bits per heavy atom. The molecule has 1 aromatic rings. The van der Waals surface area contributed by atoms with Crippen LogP contribution in [0.25, 0.3) is 6.08 Å². The van der Waals surface area contributed by atoms with Crippen molar-refractivity contribution in [3.05, 3.63) is 48.1 Å². The van der Waals surface area contributed by atoms with Gasteiger partial charge in [0.25, 0.3) is 0 Å². The van der Waals surface area contributed by atoms with Gasteiger partial charge in [0.1, 0.15) is 12.4 Å². The first-order valence-electron chi connectivity index (χ1n) is 7.09. The summed E-state index contributed by atoms with van der Waals surface area (Å²) in [7, 11) is 0. The zero-order chi connectivity index (χ0) is 13.5. The highest BCUT2D eigenvalue weighted by molar-refractivity contribution is 5.60. The molecular weight excluding hydrogens is 234 g/mol. The van der Waals surface area contributed by atoms with Crippen molar-refractivity contribution in [3.8, 4) is 5.75 Å². The van der Waals surface area contributed by atoms with Crippen LogP contribution in [0.2, 0.25) is 0 Å². The summed E-state index contributed by atoms with van der Waals surface area (Å²) in [5.41, 5.74) is 2.57. The summed E-state index contributed by atoms with van der Waals surface area (Å²) in [4.78, 5) is 0. The van der Waals surface area contributed by atoms with Crippen molar-refractivity contribution in [2.24, 2.45) is 0 Å². The molecule has 0 spiro atoms. The minimum absolute atomic E-state index is 0.548. The molecule has 0 amide bonds. The summed E-state index contributed by atoms with van der Waals surface area (Å²) in [6, 6.07) is 8.92. The van der Waals surface area contributed by atoms with Gasteiger partial charge >= 0.3 is 0 Å². The summed E-state index contributed by atoms with van der Waals surface area (Å²) in [5.74, 6) is 0.930. The molecule has 0 aromatic heterocycles. The summed E-state index contributed by atoms with van der Waals surface area (Å²) in [6.45, 7) is 7.42. The Balaban J connectivity index is 2.06. The monoisotopic (exact) mass is 257 g/mol. The van der Waals surface area contributed by atoms with Crippen LogP contribution in [0.4, 0.5) is 0 Å². The molecule has 19 heavy (non-hydrogen) atoms. The summed E-state index contributed by atoms with van der Waals surface area (Å²) in [5, 5.41) is 3.57. The van der Waals surface area contributed by atoms with Crippen LogP contribution in [-0.2, 0) is 0 Å². The lowest BCUT2D eigenvalue weighted by Gasteiger charge is -2.10. The lowest BCUT2D eigenvalue weighted by molar-refractivity contribution is 0.362. The van der Waals surface area contributed by atoms with Gasteiger partial charge in [0.2, 0.25) is 0 Å². The smallest absolute Gasteiger partial charge is 0.126 e. The third-order valence-electron chi connectivity index (χ3n) is 3.28. The minimum Gasteiger partial charge on any atom is -0.489 e. The average molecular weight is 257 g/mol. The van der Waals surface area contributed by atoms with E-state index in [0.29, 0.717) is 6.61 Å². The first-order chi connectivity index (χ1) is 9.33. The van der Waals surface area contributed by atoms with Crippen LogP contribution < -0.4 is 10.1 Å². The van der Waals surface area contributed by atoms with E-state index in [1.807, 2.05) is 18.2 Å². The van der Waals surface area contributed by atoms with Crippen molar-refractivity contribution < 1.29 is 4.74 Å². The highest BCUT2D eigenvalue weighted by Crippen LogP contribution is 2.23. The molecule has 0 aliphatic heterocycles. The summed E-state index contributed by atoms with van der Waals surface area (Å²) >= 11 is 0. The van der Waals surface area contributed by atoms with Crippen molar-refractivity contribution >= 4 is 6.08 Å². The molecule has 102 valence electrons. The first-order valence-corrected chi connectivity index (χ1v) is 7.09. The van der Waals surface area contributed by atoms with Gasteiger partial charge in [-0.05, 0) is 25.3 Å². The van der Waals surface area contributed by atoms with Crippen LogP contribution in [0, 0.1) is 0 Å². The van der Waals surface area contributed by atoms with Gasteiger partial charge in [0.15, 0.2) is 0 Å². The standard InChI is InChI=1S/C17H23NO/c1-3-11-19-17-8-6-5-7-15(17)12-14(4-2)13-18-16-9-10-16/h3,5-8,12,16,18H,1,4,9-11,13H2,2H3. The van der Waals surface area contributed by atoms with Gasteiger partial charge in [-0.25, -0.2) is 0 Å². The highest BCUT2D eigenvalue weighted by Gasteiger charge is 2.20. The van der Waals surface area contributed by atoms with E-state index in [1.54, 1.807) is 6.08 Å². The largest absolute Gasteiger partial charge is 0.489 e. The van der Waals surface area contributed by atoms with Gasteiger partial charge in [-0.15, -0.1) is 0 Å². The molecule has 0 saturated heterocycles. The average Bonchev–Trinajstić information content (AvgIpc) is 3.26. The van der Waals surface area contributed by atoms with Crippen LogP contribution in [0.3, 0.4) is 0 Å². The Labute approximate surface area is 116 Å². The Kier molecular flexibility index (Phi) is 5.22. The van der Waals surface area contributed by atoms with Crippen molar-refractivity contribution in [1.82, 2.24) is 5.32 Å². The van der Waals surface area contributed by atoms with Crippen molar-refractivity contribution in [3.63, 3.8) is 0 Å². The van der Waals surface area contributed by atoms with Crippen molar-refractivity contribution in [2.45, 2.75) is 32.2 Å². The number of benzene rings is 1. The molecule has 1 N–H and O–H groups in total. The van der Waals surface area contributed by atoms with Crippen LogP contribution in [0.5, 0.6) is 5.75 Å². The van der Waals surface area contributed by atoms with Crippen molar-refractivity contribution in [2.75, 3.05) is 13.2 Å². The molecule has 1 aliphatic carbocycles. The molecule has 0 atom stereocenters. The molecule has 0 unspecified atom stereocenters. The van der Waals surface area contributed by atoms with E-state index in [9.17, 15) is 0 Å². The maximum absolute atomic E-state index is 5.69. The normalized spacial score (nSPS) is 15.3. The molecule has 1 saturated carbocycles. The van der Waals surface area contributed by atoms with Crippen LogP contribution >= 0.6 is 0 Å². The number of hydrogen-bond acceptors (Lipinski definition) is 2. The molecule has 0 radical (unpaired) electrons. The molecule has 1 fully saturated rings. The number of hydrogen-bond donors (Lipinski definition) is 1. The second-order valence-corrected chi connectivity index (χ2v) is 4.95. The Morgan fingerprint density at radius 1 is 1.42 bits per heavy atom. The van der Waals surface area contributed by atoms with E-state index in [1.165, 1.54) is 18.4 Å². The van der Waals surface area contributed by atoms with Crippen molar-refractivity contribution in [1.29, 1.82) is 0 Å². The van der Waals surface area contributed by atoms with E-state index in [-0.39, 0.29) is 0 Å². The topological polar surface area (TPSA) is 21.3 Å². The van der Waals surface area contributed by atoms with Gasteiger partial charge in [-0.2, -0.15) is 0 Å². The maximum atomic E-state index is 5.69. The van der Waals surface area contributed by atoms with Gasteiger partial charge in [-0.3, -0.25) is 0 Å². The van der Waals surface area contributed by atoms with Gasteiger partial charge in [-0.1, -0.05) is 49.4 Å². The van der Waals surface area contributed by atoms with Gasteiger partial charge in [0.05, 0.1) is 0 Å². The molecule has 0 bridgehead atoms. The molecule has 1 aliphatic rings. The fraction of sp³-hybridized carbons (Fsp3) is 0.412. The number of ether oxygens (including phenoxy) is 1. The lowest BCUT2D eigenvalue weighted by Crippen LogP contribution is -2.18. The molecule has 1 aromatic carbocycles. The third kappa shape index (κ3) is 4.56. The molecular formula is C17H23NO. The summed E-state index contributed by atoms with van der Waals surface area (Å²) < 4.78 is 5.69. The molecule has 2 rings (SSSR count). The number of nitrogens with one attached hydrogen (secondary N) is 1. The second-order valence-electron chi connectivity index (χ2n) is 4.95. The van der Waals surface area contributed by atoms with E-state index in [2.05, 4.69) is 31.0 Å². The van der Waals surface area contributed by atoms with Gasteiger partial charge in [0, 0.05) is 18.2 Å². The van der Waals surface area contributed by atoms with E-state index in [4.69, 9.17) is 4.74 Å². The zero-order valence-electron chi connectivity index (χ0n) is 11.7. The summed E-state index contributed by atoms with van der Waals surface area (Å²) in [6.07, 6.45) is 7.74. The lowest BCUT2D eigenvalue weighted by atomic mass is 10.1. The predicted molar refractivity (Wildman–Crippen MR) is 81.4 cm³/mol. The fourth-order valence-corrected chi connectivity index (χ4v) is 1.94. The zero-order valence-corrected chi connectivity index (χ0v) is 11.7. The Bertz CT molecular complexity index is 446. The first kappa shape index (κ1) is 13.9. The molecule has 2 nitrogen and oxygen atoms in total. The van der Waals surface area contributed by atoms with E-state index >= 15 is 0 Å². The SMILES string of the molecule is C=CCOc1ccccc1C=C(CC)CNC1CC1. The quantitative estimate of drug-likeness (QED) is 0.715. The maximum Gasteiger partial charge on any atom is 0.126 e. The number of rotatable bonds is 8. The molecule has 2 heteroatoms. The highest BCUT2D eigenvalue weighted by atomic mass is 16.5. The molecule has 0 heterocycles. The van der Waals surface area contributed by atoms with Gasteiger partial charge < -0.3 is 10.1 Å². The Hall–Kier alpha value is -1.54. The fourth-order valence-electron chi connectivity index (χ4n) is 1.94. The van der Waals surface area contributed by atoms with E-state index < -0.39 is 0 Å². The predicted octanol–water partition coefficient (Wildman–Crippen LogP) is 3.80. The third-order valence-corrected chi connectivity index (χ3v) is 3.28.